The molecule has 0 aliphatic carbocycles. The van der Waals surface area contributed by atoms with Crippen LogP contribution in [0, 0.1) is 6.92 Å². The highest BCUT2D eigenvalue weighted by atomic mass is 35.5. The van der Waals surface area contributed by atoms with E-state index in [2.05, 4.69) is 5.32 Å². The molecular weight excluding hydrogens is 364 g/mol. The summed E-state index contributed by atoms with van der Waals surface area (Å²) in [6.07, 6.45) is 0. The number of sulfonamides is 1. The van der Waals surface area contributed by atoms with Crippen LogP contribution in [-0.2, 0) is 14.8 Å². The molecule has 1 N–H and O–H groups in total. The van der Waals surface area contributed by atoms with Crippen molar-refractivity contribution in [3.63, 3.8) is 0 Å². The Morgan fingerprint density at radius 1 is 1.16 bits per heavy atom. The third kappa shape index (κ3) is 2.79. The van der Waals surface area contributed by atoms with Crippen molar-refractivity contribution in [2.75, 3.05) is 5.32 Å². The molecule has 8 heteroatoms. The van der Waals surface area contributed by atoms with Gasteiger partial charge in [0, 0.05) is 10.7 Å². The Hall–Kier alpha value is -2.38. The van der Waals surface area contributed by atoms with Gasteiger partial charge in [0.1, 0.15) is 10.9 Å². The van der Waals surface area contributed by atoms with Gasteiger partial charge in [-0.15, -0.1) is 0 Å². The molecular formula is C17H15ClN2O4S. The Bertz CT molecular complexity index is 988. The Labute approximate surface area is 150 Å². The molecule has 1 heterocycles. The summed E-state index contributed by atoms with van der Waals surface area (Å²) in [6, 6.07) is 9.70. The van der Waals surface area contributed by atoms with Gasteiger partial charge in [-0.25, -0.2) is 12.7 Å². The molecule has 130 valence electrons. The van der Waals surface area contributed by atoms with E-state index in [1.807, 2.05) is 0 Å². The molecule has 0 spiro atoms. The highest BCUT2D eigenvalue weighted by molar-refractivity contribution is 7.90. The SMILES string of the molecule is Cc1c(Cl)cccc1NC(=O)C(C)N1C(=O)c2ccccc2S1(=O)=O. The van der Waals surface area contributed by atoms with E-state index in [0.29, 0.717) is 20.6 Å². The predicted molar refractivity (Wildman–Crippen MR) is 94.1 cm³/mol. The zero-order chi connectivity index (χ0) is 18.4. The van der Waals surface area contributed by atoms with Crippen LogP contribution in [-0.4, -0.2) is 30.6 Å². The highest BCUT2D eigenvalue weighted by Crippen LogP contribution is 2.32. The maximum absolute atomic E-state index is 12.6. The standard InChI is InChI=1S/C17H15ClN2O4S/c1-10-13(18)7-5-8-14(10)19-16(21)11(2)20-17(22)12-6-3-4-9-15(12)25(20,23)24/h3-9,11H,1-2H3,(H,19,21). The third-order valence-corrected chi connectivity index (χ3v) is 6.43. The van der Waals surface area contributed by atoms with Gasteiger partial charge in [-0.1, -0.05) is 29.8 Å². The second-order valence-corrected chi connectivity index (χ2v) is 7.87. The van der Waals surface area contributed by atoms with Gasteiger partial charge in [-0.05, 0) is 43.7 Å². The monoisotopic (exact) mass is 378 g/mol. The molecule has 1 atom stereocenters. The highest BCUT2D eigenvalue weighted by Gasteiger charge is 2.45. The lowest BCUT2D eigenvalue weighted by Crippen LogP contribution is -2.45. The Morgan fingerprint density at radius 3 is 2.52 bits per heavy atom. The minimum absolute atomic E-state index is 0.0705. The van der Waals surface area contributed by atoms with E-state index in [4.69, 9.17) is 11.6 Å². The summed E-state index contributed by atoms with van der Waals surface area (Å²) in [5.41, 5.74) is 1.19. The van der Waals surface area contributed by atoms with Crippen LogP contribution in [0.25, 0.3) is 0 Å². The van der Waals surface area contributed by atoms with Crippen molar-refractivity contribution in [2.45, 2.75) is 24.8 Å². The van der Waals surface area contributed by atoms with Gasteiger partial charge < -0.3 is 5.32 Å². The summed E-state index contributed by atoms with van der Waals surface area (Å²) < 4.78 is 25.9. The first-order chi connectivity index (χ1) is 11.7. The lowest BCUT2D eigenvalue weighted by Gasteiger charge is -2.22. The molecule has 2 aromatic carbocycles. The van der Waals surface area contributed by atoms with Gasteiger partial charge in [-0.3, -0.25) is 9.59 Å². The molecule has 1 aliphatic heterocycles. The van der Waals surface area contributed by atoms with Crippen molar-refractivity contribution < 1.29 is 18.0 Å². The number of hydrogen-bond donors (Lipinski definition) is 1. The summed E-state index contributed by atoms with van der Waals surface area (Å²) in [7, 11) is -4.05. The average Bonchev–Trinajstić information content (AvgIpc) is 2.78. The van der Waals surface area contributed by atoms with Crippen molar-refractivity contribution >= 4 is 39.1 Å². The molecule has 0 fully saturated rings. The topological polar surface area (TPSA) is 83.6 Å². The molecule has 2 amide bonds. The van der Waals surface area contributed by atoms with Crippen LogP contribution >= 0.6 is 11.6 Å². The van der Waals surface area contributed by atoms with Gasteiger partial charge in [0.2, 0.25) is 5.91 Å². The minimum Gasteiger partial charge on any atom is -0.324 e. The van der Waals surface area contributed by atoms with Gasteiger partial charge in [0.15, 0.2) is 0 Å². The molecule has 0 radical (unpaired) electrons. The van der Waals surface area contributed by atoms with Gasteiger partial charge in [0.25, 0.3) is 15.9 Å². The Balaban J connectivity index is 1.91. The number of carbonyl (C=O) groups is 2. The molecule has 1 unspecified atom stereocenters. The third-order valence-electron chi connectivity index (χ3n) is 4.11. The smallest absolute Gasteiger partial charge is 0.269 e. The van der Waals surface area contributed by atoms with Crippen LogP contribution in [0.1, 0.15) is 22.8 Å². The van der Waals surface area contributed by atoms with E-state index >= 15 is 0 Å². The van der Waals surface area contributed by atoms with E-state index in [1.54, 1.807) is 31.2 Å². The number of rotatable bonds is 3. The van der Waals surface area contributed by atoms with Crippen LogP contribution in [0.2, 0.25) is 5.02 Å². The molecule has 25 heavy (non-hydrogen) atoms. The Morgan fingerprint density at radius 2 is 1.84 bits per heavy atom. The second-order valence-electron chi connectivity index (χ2n) is 5.68. The summed E-state index contributed by atoms with van der Waals surface area (Å²) >= 11 is 6.02. The molecule has 0 aromatic heterocycles. The fraction of sp³-hybridized carbons (Fsp3) is 0.176. The van der Waals surface area contributed by atoms with Gasteiger partial charge >= 0.3 is 0 Å². The number of carbonyl (C=O) groups excluding carboxylic acids is 2. The predicted octanol–water partition coefficient (Wildman–Crippen LogP) is 2.82. The number of anilines is 1. The van der Waals surface area contributed by atoms with E-state index in [0.717, 1.165) is 0 Å². The number of hydrogen-bond acceptors (Lipinski definition) is 4. The van der Waals surface area contributed by atoms with Crippen LogP contribution in [0.5, 0.6) is 0 Å². The lowest BCUT2D eigenvalue weighted by molar-refractivity contribution is -0.118. The average molecular weight is 379 g/mol. The molecule has 3 rings (SSSR count). The Kier molecular flexibility index (Phi) is 4.30. The zero-order valence-corrected chi connectivity index (χ0v) is 15.1. The largest absolute Gasteiger partial charge is 0.324 e. The van der Waals surface area contributed by atoms with Crippen LogP contribution < -0.4 is 5.32 Å². The molecule has 1 aliphatic rings. The summed E-state index contributed by atoms with van der Waals surface area (Å²) in [4.78, 5) is 24.9. The fourth-order valence-corrected chi connectivity index (χ4v) is 4.57. The number of amides is 2. The van der Waals surface area contributed by atoms with E-state index in [9.17, 15) is 18.0 Å². The lowest BCUT2D eigenvalue weighted by atomic mass is 10.1. The quantitative estimate of drug-likeness (QED) is 0.890. The molecule has 0 saturated heterocycles. The van der Waals surface area contributed by atoms with Crippen molar-refractivity contribution in [1.29, 1.82) is 0 Å². The van der Waals surface area contributed by atoms with Crippen LogP contribution in [0.15, 0.2) is 47.4 Å². The molecule has 2 aromatic rings. The van der Waals surface area contributed by atoms with Gasteiger partial charge in [-0.2, -0.15) is 0 Å². The first-order valence-electron chi connectivity index (χ1n) is 7.49. The normalized spacial score (nSPS) is 16.4. The van der Waals surface area contributed by atoms with Crippen molar-refractivity contribution in [1.82, 2.24) is 4.31 Å². The molecule has 0 saturated carbocycles. The number of benzene rings is 2. The summed E-state index contributed by atoms with van der Waals surface area (Å²) in [5.74, 6) is -1.32. The number of halogens is 1. The van der Waals surface area contributed by atoms with Crippen molar-refractivity contribution in [3.8, 4) is 0 Å². The maximum atomic E-state index is 12.6. The first-order valence-corrected chi connectivity index (χ1v) is 9.30. The first kappa shape index (κ1) is 17.4. The van der Waals surface area contributed by atoms with E-state index in [-0.39, 0.29) is 10.5 Å². The fourth-order valence-electron chi connectivity index (χ4n) is 2.67. The number of fused-ring (bicyclic) bond motifs is 1. The minimum atomic E-state index is -4.05. The summed E-state index contributed by atoms with van der Waals surface area (Å²) in [6.45, 7) is 3.10. The van der Waals surface area contributed by atoms with Crippen LogP contribution in [0.3, 0.4) is 0 Å². The van der Waals surface area contributed by atoms with E-state index < -0.39 is 27.9 Å². The van der Waals surface area contributed by atoms with E-state index in [1.165, 1.54) is 25.1 Å². The number of nitrogens with zero attached hydrogens (tertiary/aromatic N) is 1. The van der Waals surface area contributed by atoms with Crippen molar-refractivity contribution in [2.24, 2.45) is 0 Å². The number of nitrogens with one attached hydrogen (secondary N) is 1. The maximum Gasteiger partial charge on any atom is 0.269 e. The summed E-state index contributed by atoms with van der Waals surface area (Å²) in [5, 5.41) is 3.11. The van der Waals surface area contributed by atoms with Crippen LogP contribution in [0.4, 0.5) is 5.69 Å². The second kappa shape index (κ2) is 6.16. The van der Waals surface area contributed by atoms with Crippen molar-refractivity contribution in [3.05, 3.63) is 58.6 Å². The molecule has 0 bridgehead atoms. The molecule has 6 nitrogen and oxygen atoms in total. The zero-order valence-electron chi connectivity index (χ0n) is 13.5. The van der Waals surface area contributed by atoms with Gasteiger partial charge in [0.05, 0.1) is 5.56 Å².